The van der Waals surface area contributed by atoms with E-state index in [1.165, 1.54) is 28.7 Å². The number of benzene rings is 2. The molecule has 27 heavy (non-hydrogen) atoms. The standard InChI is InChI=1S/C20H22N4OS2/c1-4-15-9-11-16(12-10-15)21-18(25)14(3)26-20-24-23-19(27-20)22-17-8-6-5-7-13(17)2/h5-12,14H,4H2,1-3H3,(H,21,25)(H,22,23)/t14-/m0/s1. The molecule has 0 spiro atoms. The lowest BCUT2D eigenvalue weighted by Crippen LogP contribution is -2.22. The topological polar surface area (TPSA) is 66.9 Å². The average molecular weight is 399 g/mol. The molecular weight excluding hydrogens is 376 g/mol. The van der Waals surface area contributed by atoms with Crippen LogP contribution in [0.15, 0.2) is 52.9 Å². The number of para-hydroxylation sites is 1. The predicted molar refractivity (Wildman–Crippen MR) is 114 cm³/mol. The van der Waals surface area contributed by atoms with Crippen LogP contribution in [0.3, 0.4) is 0 Å². The number of thioether (sulfide) groups is 1. The second-order valence-corrected chi connectivity index (χ2v) is 8.68. The molecule has 0 aliphatic carbocycles. The fourth-order valence-corrected chi connectivity index (χ4v) is 4.32. The molecule has 3 aromatic rings. The molecule has 0 fully saturated rings. The second-order valence-electron chi connectivity index (χ2n) is 6.11. The van der Waals surface area contributed by atoms with Crippen molar-refractivity contribution in [2.24, 2.45) is 0 Å². The molecule has 0 bridgehead atoms. The Morgan fingerprint density at radius 1 is 1.15 bits per heavy atom. The summed E-state index contributed by atoms with van der Waals surface area (Å²) in [5.41, 5.74) is 4.21. The fraction of sp³-hybridized carbons (Fsp3) is 0.250. The zero-order valence-electron chi connectivity index (χ0n) is 15.5. The Morgan fingerprint density at radius 3 is 2.59 bits per heavy atom. The summed E-state index contributed by atoms with van der Waals surface area (Å²) in [5.74, 6) is -0.0483. The van der Waals surface area contributed by atoms with Crippen molar-refractivity contribution in [1.29, 1.82) is 0 Å². The minimum Gasteiger partial charge on any atom is -0.330 e. The van der Waals surface area contributed by atoms with E-state index < -0.39 is 0 Å². The number of amides is 1. The van der Waals surface area contributed by atoms with Gasteiger partial charge < -0.3 is 10.6 Å². The van der Waals surface area contributed by atoms with Gasteiger partial charge in [0, 0.05) is 11.4 Å². The van der Waals surface area contributed by atoms with Crippen molar-refractivity contribution < 1.29 is 4.79 Å². The van der Waals surface area contributed by atoms with Gasteiger partial charge in [-0.25, -0.2) is 0 Å². The summed E-state index contributed by atoms with van der Waals surface area (Å²) in [6.45, 7) is 6.02. The molecule has 0 saturated carbocycles. The van der Waals surface area contributed by atoms with Crippen LogP contribution in [-0.4, -0.2) is 21.4 Å². The number of hydrogen-bond donors (Lipinski definition) is 2. The number of aryl methyl sites for hydroxylation is 2. The van der Waals surface area contributed by atoms with Crippen LogP contribution in [0.25, 0.3) is 0 Å². The number of carbonyl (C=O) groups is 1. The largest absolute Gasteiger partial charge is 0.330 e. The van der Waals surface area contributed by atoms with E-state index in [1.807, 2.05) is 62.4 Å². The number of hydrogen-bond acceptors (Lipinski definition) is 6. The smallest absolute Gasteiger partial charge is 0.237 e. The molecule has 1 aromatic heterocycles. The van der Waals surface area contributed by atoms with Gasteiger partial charge in [-0.2, -0.15) is 0 Å². The van der Waals surface area contributed by atoms with E-state index in [1.54, 1.807) is 0 Å². The Hall–Kier alpha value is -2.38. The Balaban J connectivity index is 1.57. The number of nitrogens with one attached hydrogen (secondary N) is 2. The van der Waals surface area contributed by atoms with Crippen LogP contribution in [0, 0.1) is 6.92 Å². The first-order valence-electron chi connectivity index (χ1n) is 8.77. The lowest BCUT2D eigenvalue weighted by atomic mass is 10.1. The van der Waals surface area contributed by atoms with Gasteiger partial charge in [0.2, 0.25) is 11.0 Å². The van der Waals surface area contributed by atoms with Crippen molar-refractivity contribution in [3.63, 3.8) is 0 Å². The molecule has 0 aliphatic heterocycles. The van der Waals surface area contributed by atoms with Crippen LogP contribution in [0.2, 0.25) is 0 Å². The van der Waals surface area contributed by atoms with Gasteiger partial charge >= 0.3 is 0 Å². The normalized spacial score (nSPS) is 11.8. The Kier molecular flexibility index (Phi) is 6.47. The van der Waals surface area contributed by atoms with E-state index in [4.69, 9.17) is 0 Å². The van der Waals surface area contributed by atoms with E-state index in [2.05, 4.69) is 27.8 Å². The highest BCUT2D eigenvalue weighted by molar-refractivity contribution is 8.02. The van der Waals surface area contributed by atoms with E-state index in [0.717, 1.165) is 32.8 Å². The predicted octanol–water partition coefficient (Wildman–Crippen LogP) is 5.27. The number of nitrogens with zero attached hydrogens (tertiary/aromatic N) is 2. The van der Waals surface area contributed by atoms with E-state index in [0.29, 0.717) is 0 Å². The summed E-state index contributed by atoms with van der Waals surface area (Å²) in [5, 5.41) is 15.0. The number of anilines is 3. The first-order chi connectivity index (χ1) is 13.0. The van der Waals surface area contributed by atoms with Crippen LogP contribution in [-0.2, 0) is 11.2 Å². The molecule has 0 aliphatic rings. The molecule has 0 saturated heterocycles. The fourth-order valence-electron chi connectivity index (χ4n) is 2.41. The van der Waals surface area contributed by atoms with Crippen LogP contribution in [0.4, 0.5) is 16.5 Å². The van der Waals surface area contributed by atoms with Crippen molar-refractivity contribution in [3.05, 3.63) is 59.7 Å². The van der Waals surface area contributed by atoms with E-state index in [-0.39, 0.29) is 11.2 Å². The maximum absolute atomic E-state index is 12.4. The van der Waals surface area contributed by atoms with Gasteiger partial charge in [0.25, 0.3) is 0 Å². The monoisotopic (exact) mass is 398 g/mol. The quantitative estimate of drug-likeness (QED) is 0.531. The first-order valence-corrected chi connectivity index (χ1v) is 10.5. The zero-order valence-corrected chi connectivity index (χ0v) is 17.2. The lowest BCUT2D eigenvalue weighted by molar-refractivity contribution is -0.115. The summed E-state index contributed by atoms with van der Waals surface area (Å²) in [6.07, 6.45) is 0.983. The van der Waals surface area contributed by atoms with Gasteiger partial charge in [0.1, 0.15) is 0 Å². The van der Waals surface area contributed by atoms with Crippen molar-refractivity contribution in [2.75, 3.05) is 10.6 Å². The highest BCUT2D eigenvalue weighted by Crippen LogP contribution is 2.31. The molecule has 1 amide bonds. The molecule has 5 nitrogen and oxygen atoms in total. The summed E-state index contributed by atoms with van der Waals surface area (Å²) in [7, 11) is 0. The van der Waals surface area contributed by atoms with Crippen LogP contribution >= 0.6 is 23.1 Å². The number of aromatic nitrogens is 2. The minimum atomic E-state index is -0.268. The van der Waals surface area contributed by atoms with E-state index in [9.17, 15) is 4.79 Å². The summed E-state index contributed by atoms with van der Waals surface area (Å²) in [6, 6.07) is 15.9. The Labute approximate surface area is 167 Å². The van der Waals surface area contributed by atoms with Gasteiger partial charge in [0.15, 0.2) is 4.34 Å². The zero-order chi connectivity index (χ0) is 19.2. The molecule has 3 rings (SSSR count). The van der Waals surface area contributed by atoms with Crippen molar-refractivity contribution >= 4 is 45.5 Å². The molecule has 2 aromatic carbocycles. The van der Waals surface area contributed by atoms with Crippen molar-refractivity contribution in [3.8, 4) is 0 Å². The molecule has 7 heteroatoms. The van der Waals surface area contributed by atoms with Gasteiger partial charge in [0.05, 0.1) is 5.25 Å². The third kappa shape index (κ3) is 5.30. The lowest BCUT2D eigenvalue weighted by Gasteiger charge is -2.10. The second kappa shape index (κ2) is 9.01. The SMILES string of the molecule is CCc1ccc(NC(=O)[C@H](C)Sc2nnc(Nc3ccccc3C)s2)cc1. The third-order valence-corrected chi connectivity index (χ3v) is 6.09. The van der Waals surface area contributed by atoms with Crippen LogP contribution in [0.5, 0.6) is 0 Å². The molecular formula is C20H22N4OS2. The molecule has 2 N–H and O–H groups in total. The molecule has 140 valence electrons. The van der Waals surface area contributed by atoms with Gasteiger partial charge in [-0.3, -0.25) is 4.79 Å². The molecule has 0 radical (unpaired) electrons. The number of rotatable bonds is 7. The molecule has 1 atom stereocenters. The molecule has 1 heterocycles. The Morgan fingerprint density at radius 2 is 1.89 bits per heavy atom. The maximum atomic E-state index is 12.4. The summed E-state index contributed by atoms with van der Waals surface area (Å²) in [4.78, 5) is 12.4. The van der Waals surface area contributed by atoms with Crippen molar-refractivity contribution in [2.45, 2.75) is 36.8 Å². The maximum Gasteiger partial charge on any atom is 0.237 e. The molecule has 0 unspecified atom stereocenters. The third-order valence-electron chi connectivity index (χ3n) is 4.07. The minimum absolute atomic E-state index is 0.0483. The van der Waals surface area contributed by atoms with Crippen molar-refractivity contribution in [1.82, 2.24) is 10.2 Å². The first kappa shape index (κ1) is 19.4. The van der Waals surface area contributed by atoms with Gasteiger partial charge in [-0.1, -0.05) is 60.4 Å². The summed E-state index contributed by atoms with van der Waals surface area (Å²) < 4.78 is 0.759. The van der Waals surface area contributed by atoms with Crippen LogP contribution < -0.4 is 10.6 Å². The van der Waals surface area contributed by atoms with Gasteiger partial charge in [-0.15, -0.1) is 10.2 Å². The highest BCUT2D eigenvalue weighted by atomic mass is 32.2. The highest BCUT2D eigenvalue weighted by Gasteiger charge is 2.17. The Bertz CT molecular complexity index is 908. The number of carbonyl (C=O) groups excluding carboxylic acids is 1. The van der Waals surface area contributed by atoms with Crippen LogP contribution in [0.1, 0.15) is 25.0 Å². The average Bonchev–Trinajstić information content (AvgIpc) is 3.11. The summed E-state index contributed by atoms with van der Waals surface area (Å²) >= 11 is 2.85. The van der Waals surface area contributed by atoms with Gasteiger partial charge in [-0.05, 0) is 49.6 Å². The van der Waals surface area contributed by atoms with E-state index >= 15 is 0 Å².